The minimum atomic E-state index is -0.104. The largest absolute Gasteiger partial charge is 0.491 e. The second kappa shape index (κ2) is 4.22. The third kappa shape index (κ3) is 1.89. The van der Waals surface area contributed by atoms with Gasteiger partial charge in [0.25, 0.3) is 0 Å². The number of nitriles is 1. The number of fused-ring (bicyclic) bond motifs is 1. The molecule has 0 aliphatic carbocycles. The zero-order valence-corrected chi connectivity index (χ0v) is 8.81. The molecule has 2 rings (SSSR count). The number of hydrogen-bond donors (Lipinski definition) is 0. The normalized spacial score (nSPS) is 16.9. The van der Waals surface area contributed by atoms with Crippen molar-refractivity contribution in [3.05, 3.63) is 24.3 Å². The second-order valence-electron chi connectivity index (χ2n) is 3.67. The Balaban J connectivity index is 2.38. The van der Waals surface area contributed by atoms with Crippen LogP contribution in [0.4, 0.5) is 5.69 Å². The smallest absolute Gasteiger partial charge is 0.142 e. The molecule has 3 heteroatoms. The first-order valence-electron chi connectivity index (χ1n) is 5.21. The van der Waals surface area contributed by atoms with Crippen LogP contribution in [0.25, 0.3) is 0 Å². The maximum atomic E-state index is 8.97. The monoisotopic (exact) mass is 202 g/mol. The van der Waals surface area contributed by atoms with Crippen molar-refractivity contribution < 1.29 is 4.74 Å². The Labute approximate surface area is 89.9 Å². The number of rotatable bonds is 1. The molecule has 0 saturated heterocycles. The van der Waals surface area contributed by atoms with Crippen LogP contribution in [0.1, 0.15) is 13.3 Å². The van der Waals surface area contributed by atoms with E-state index in [0.717, 1.165) is 31.0 Å². The molecule has 1 aromatic carbocycles. The Hall–Kier alpha value is -1.69. The van der Waals surface area contributed by atoms with Crippen molar-refractivity contribution in [3.63, 3.8) is 0 Å². The minimum Gasteiger partial charge on any atom is -0.491 e. The number of benzene rings is 1. The van der Waals surface area contributed by atoms with Crippen molar-refractivity contribution >= 4 is 5.69 Å². The first-order chi connectivity index (χ1) is 7.33. The highest BCUT2D eigenvalue weighted by molar-refractivity contribution is 5.60. The van der Waals surface area contributed by atoms with Crippen molar-refractivity contribution in [1.82, 2.24) is 0 Å². The van der Waals surface area contributed by atoms with Gasteiger partial charge in [0.2, 0.25) is 0 Å². The van der Waals surface area contributed by atoms with Gasteiger partial charge in [0.1, 0.15) is 11.8 Å². The fourth-order valence-corrected chi connectivity index (χ4v) is 1.83. The lowest BCUT2D eigenvalue weighted by Gasteiger charge is -2.25. The summed E-state index contributed by atoms with van der Waals surface area (Å²) < 4.78 is 5.62. The molecular formula is C12H14N2O. The van der Waals surface area contributed by atoms with Crippen molar-refractivity contribution in [1.29, 1.82) is 5.26 Å². The molecule has 0 fully saturated rings. The van der Waals surface area contributed by atoms with Crippen LogP contribution in [-0.4, -0.2) is 19.2 Å². The quantitative estimate of drug-likeness (QED) is 0.700. The molecule has 1 aliphatic heterocycles. The van der Waals surface area contributed by atoms with Crippen molar-refractivity contribution in [2.75, 3.05) is 18.1 Å². The maximum Gasteiger partial charge on any atom is 0.142 e. The van der Waals surface area contributed by atoms with E-state index >= 15 is 0 Å². The summed E-state index contributed by atoms with van der Waals surface area (Å²) in [7, 11) is 0. The van der Waals surface area contributed by atoms with E-state index in [9.17, 15) is 0 Å². The van der Waals surface area contributed by atoms with E-state index in [1.165, 1.54) is 0 Å². The molecule has 0 saturated carbocycles. The number of nitrogens with zero attached hydrogens (tertiary/aromatic N) is 2. The minimum absolute atomic E-state index is 0.104. The summed E-state index contributed by atoms with van der Waals surface area (Å²) in [6.07, 6.45) is 0.959. The van der Waals surface area contributed by atoms with Crippen LogP contribution >= 0.6 is 0 Å². The zero-order chi connectivity index (χ0) is 10.7. The maximum absolute atomic E-state index is 8.97. The van der Waals surface area contributed by atoms with Crippen molar-refractivity contribution in [2.24, 2.45) is 0 Å². The summed E-state index contributed by atoms with van der Waals surface area (Å²) in [5.74, 6) is 0.886. The van der Waals surface area contributed by atoms with Gasteiger partial charge in [-0.15, -0.1) is 0 Å². The molecular weight excluding hydrogens is 188 g/mol. The predicted molar refractivity (Wildman–Crippen MR) is 59.0 cm³/mol. The molecule has 0 bridgehead atoms. The third-order valence-corrected chi connectivity index (χ3v) is 2.63. The van der Waals surface area contributed by atoms with Gasteiger partial charge < -0.3 is 9.64 Å². The van der Waals surface area contributed by atoms with E-state index in [4.69, 9.17) is 10.00 Å². The van der Waals surface area contributed by atoms with E-state index in [0.29, 0.717) is 0 Å². The number of hydrogen-bond acceptors (Lipinski definition) is 3. The Morgan fingerprint density at radius 3 is 3.07 bits per heavy atom. The molecule has 0 aromatic heterocycles. The summed E-state index contributed by atoms with van der Waals surface area (Å²) in [6.45, 7) is 3.53. The van der Waals surface area contributed by atoms with Gasteiger partial charge in [-0.25, -0.2) is 0 Å². The standard InChI is InChI=1S/C12H14N2O/c1-10(9-13)14-7-4-8-15-12-6-3-2-5-11(12)14/h2-3,5-6,10H,4,7-8H2,1H3. The molecule has 0 radical (unpaired) electrons. The highest BCUT2D eigenvalue weighted by Crippen LogP contribution is 2.31. The molecule has 78 valence electrons. The van der Waals surface area contributed by atoms with Crippen LogP contribution in [0.2, 0.25) is 0 Å². The Kier molecular flexibility index (Phi) is 2.77. The fourth-order valence-electron chi connectivity index (χ4n) is 1.83. The Morgan fingerprint density at radius 2 is 2.27 bits per heavy atom. The SMILES string of the molecule is CC(C#N)N1CCCOc2ccccc21. The molecule has 0 amide bonds. The topological polar surface area (TPSA) is 36.3 Å². The van der Waals surface area contributed by atoms with Crippen molar-refractivity contribution in [3.8, 4) is 11.8 Å². The summed E-state index contributed by atoms with van der Waals surface area (Å²) in [6, 6.07) is 10.1. The molecule has 1 atom stereocenters. The van der Waals surface area contributed by atoms with E-state index < -0.39 is 0 Å². The summed E-state index contributed by atoms with van der Waals surface area (Å²) >= 11 is 0. The first kappa shape index (κ1) is 9.85. The van der Waals surface area contributed by atoms with Gasteiger partial charge in [-0.1, -0.05) is 12.1 Å². The summed E-state index contributed by atoms with van der Waals surface area (Å²) in [5.41, 5.74) is 1.03. The molecule has 1 aliphatic rings. The molecule has 1 heterocycles. The number of ether oxygens (including phenoxy) is 1. The highest BCUT2D eigenvalue weighted by atomic mass is 16.5. The van der Waals surface area contributed by atoms with Crippen molar-refractivity contribution in [2.45, 2.75) is 19.4 Å². The van der Waals surface area contributed by atoms with Crippen LogP contribution < -0.4 is 9.64 Å². The first-order valence-corrected chi connectivity index (χ1v) is 5.21. The lowest BCUT2D eigenvalue weighted by Crippen LogP contribution is -2.32. The van der Waals surface area contributed by atoms with Gasteiger partial charge in [0.15, 0.2) is 0 Å². The van der Waals surface area contributed by atoms with E-state index in [-0.39, 0.29) is 6.04 Å². The molecule has 1 aromatic rings. The summed E-state index contributed by atoms with van der Waals surface area (Å²) in [5, 5.41) is 8.97. The Morgan fingerprint density at radius 1 is 1.47 bits per heavy atom. The molecule has 15 heavy (non-hydrogen) atoms. The molecule has 1 unspecified atom stereocenters. The van der Waals surface area contributed by atoms with Crippen LogP contribution in [-0.2, 0) is 0 Å². The lowest BCUT2D eigenvalue weighted by molar-refractivity contribution is 0.322. The van der Waals surface area contributed by atoms with Crippen LogP contribution in [0.15, 0.2) is 24.3 Å². The molecule has 3 nitrogen and oxygen atoms in total. The average Bonchev–Trinajstić information content (AvgIpc) is 2.50. The number of anilines is 1. The fraction of sp³-hybridized carbons (Fsp3) is 0.417. The van der Waals surface area contributed by atoms with E-state index in [1.54, 1.807) is 0 Å². The van der Waals surface area contributed by atoms with Crippen LogP contribution in [0.3, 0.4) is 0 Å². The van der Waals surface area contributed by atoms with E-state index in [1.807, 2.05) is 31.2 Å². The highest BCUT2D eigenvalue weighted by Gasteiger charge is 2.19. The van der Waals surface area contributed by atoms with Gasteiger partial charge >= 0.3 is 0 Å². The lowest BCUT2D eigenvalue weighted by atomic mass is 10.2. The Bertz CT molecular complexity index is 383. The predicted octanol–water partition coefficient (Wildman–Crippen LogP) is 2.19. The molecule has 0 N–H and O–H groups in total. The van der Waals surface area contributed by atoms with Crippen LogP contribution in [0.5, 0.6) is 5.75 Å². The molecule has 0 spiro atoms. The van der Waals surface area contributed by atoms with Gasteiger partial charge in [-0.05, 0) is 25.5 Å². The summed E-state index contributed by atoms with van der Waals surface area (Å²) in [4.78, 5) is 2.10. The average molecular weight is 202 g/mol. The second-order valence-corrected chi connectivity index (χ2v) is 3.67. The van der Waals surface area contributed by atoms with Crippen LogP contribution in [0, 0.1) is 11.3 Å². The third-order valence-electron chi connectivity index (χ3n) is 2.63. The zero-order valence-electron chi connectivity index (χ0n) is 8.81. The van der Waals surface area contributed by atoms with Gasteiger partial charge in [-0.2, -0.15) is 5.26 Å². The van der Waals surface area contributed by atoms with Gasteiger partial charge in [0.05, 0.1) is 18.4 Å². The number of para-hydroxylation sites is 2. The van der Waals surface area contributed by atoms with E-state index in [2.05, 4.69) is 11.0 Å². The van der Waals surface area contributed by atoms with Gasteiger partial charge in [-0.3, -0.25) is 0 Å². The van der Waals surface area contributed by atoms with Gasteiger partial charge in [0, 0.05) is 6.54 Å².